The van der Waals surface area contributed by atoms with Gasteiger partial charge in [0.25, 0.3) is 10.0 Å². The molecule has 0 radical (unpaired) electrons. The van der Waals surface area contributed by atoms with Crippen LogP contribution in [0.25, 0.3) is 0 Å². The van der Waals surface area contributed by atoms with Gasteiger partial charge in [0.05, 0.1) is 21.5 Å². The maximum absolute atomic E-state index is 12.0. The Morgan fingerprint density at radius 3 is 2.56 bits per heavy atom. The highest BCUT2D eigenvalue weighted by Crippen LogP contribution is 2.26. The van der Waals surface area contributed by atoms with Crippen LogP contribution in [0.2, 0.25) is 10.0 Å². The van der Waals surface area contributed by atoms with Gasteiger partial charge in [-0.2, -0.15) is 8.42 Å². The summed E-state index contributed by atoms with van der Waals surface area (Å²) >= 11 is 11.5. The molecule has 0 N–H and O–H groups in total. The quantitative estimate of drug-likeness (QED) is 0.842. The van der Waals surface area contributed by atoms with Gasteiger partial charge < -0.3 is 4.74 Å². The Labute approximate surface area is 116 Å². The average molecular weight is 308 g/mol. The zero-order valence-corrected chi connectivity index (χ0v) is 11.7. The summed E-state index contributed by atoms with van der Waals surface area (Å²) in [5.41, 5.74) is 0. The van der Waals surface area contributed by atoms with Crippen LogP contribution in [0.5, 0.6) is 0 Å². The van der Waals surface area contributed by atoms with Crippen LogP contribution in [0.15, 0.2) is 27.5 Å². The van der Waals surface area contributed by atoms with Gasteiger partial charge in [0.1, 0.15) is 0 Å². The summed E-state index contributed by atoms with van der Waals surface area (Å²) in [6, 6.07) is 4.08. The van der Waals surface area contributed by atoms with Crippen LogP contribution in [0, 0.1) is 0 Å². The van der Waals surface area contributed by atoms with Gasteiger partial charge in [0.2, 0.25) is 0 Å². The van der Waals surface area contributed by atoms with Crippen molar-refractivity contribution < 1.29 is 13.2 Å². The summed E-state index contributed by atoms with van der Waals surface area (Å²) < 4.78 is 32.9. The van der Waals surface area contributed by atoms with E-state index in [0.717, 1.165) is 12.8 Å². The molecule has 0 bridgehead atoms. The number of benzene rings is 1. The van der Waals surface area contributed by atoms with E-state index in [9.17, 15) is 8.42 Å². The third-order valence-electron chi connectivity index (χ3n) is 2.46. The van der Waals surface area contributed by atoms with Gasteiger partial charge in [-0.15, -0.1) is 4.40 Å². The van der Waals surface area contributed by atoms with Crippen LogP contribution in [0.4, 0.5) is 0 Å². The minimum atomic E-state index is -3.78. The fraction of sp³-hybridized carbons (Fsp3) is 0.364. The molecule has 0 aromatic heterocycles. The second-order valence-electron chi connectivity index (χ2n) is 3.84. The Hall–Kier alpha value is -0.780. The lowest BCUT2D eigenvalue weighted by molar-refractivity contribution is 0.261. The maximum atomic E-state index is 12.0. The van der Waals surface area contributed by atoms with Crippen molar-refractivity contribution in [3.05, 3.63) is 28.2 Å². The molecular weight excluding hydrogens is 297 g/mol. The molecule has 0 amide bonds. The van der Waals surface area contributed by atoms with Crippen molar-refractivity contribution >= 4 is 39.1 Å². The first kappa shape index (κ1) is 13.6. The molecule has 0 saturated carbocycles. The highest BCUT2D eigenvalue weighted by molar-refractivity contribution is 7.90. The second kappa shape index (κ2) is 5.47. The van der Waals surface area contributed by atoms with Crippen LogP contribution < -0.4 is 0 Å². The molecule has 18 heavy (non-hydrogen) atoms. The van der Waals surface area contributed by atoms with Gasteiger partial charge >= 0.3 is 0 Å². The third kappa shape index (κ3) is 3.16. The van der Waals surface area contributed by atoms with E-state index < -0.39 is 10.0 Å². The average Bonchev–Trinajstić information content (AvgIpc) is 2.33. The Kier molecular flexibility index (Phi) is 4.14. The highest BCUT2D eigenvalue weighted by Gasteiger charge is 2.18. The van der Waals surface area contributed by atoms with E-state index in [4.69, 9.17) is 27.9 Å². The van der Waals surface area contributed by atoms with E-state index in [2.05, 4.69) is 4.40 Å². The molecule has 0 aliphatic carbocycles. The number of halogens is 2. The number of ether oxygens (including phenoxy) is 1. The van der Waals surface area contributed by atoms with E-state index in [-0.39, 0.29) is 15.8 Å². The van der Waals surface area contributed by atoms with Crippen molar-refractivity contribution in [1.82, 2.24) is 0 Å². The largest absolute Gasteiger partial charge is 0.480 e. The number of nitrogens with zero attached hydrogens (tertiary/aromatic N) is 1. The zero-order valence-electron chi connectivity index (χ0n) is 9.40. The van der Waals surface area contributed by atoms with E-state index in [1.165, 1.54) is 18.2 Å². The van der Waals surface area contributed by atoms with E-state index in [0.29, 0.717) is 18.1 Å². The van der Waals surface area contributed by atoms with Crippen molar-refractivity contribution in [3.63, 3.8) is 0 Å². The Bertz CT molecular complexity index is 576. The molecule has 1 saturated heterocycles. The second-order valence-corrected chi connectivity index (χ2v) is 6.26. The molecular formula is C11H11Cl2NO3S. The lowest BCUT2D eigenvalue weighted by Gasteiger charge is -2.14. The van der Waals surface area contributed by atoms with Crippen molar-refractivity contribution in [2.24, 2.45) is 4.40 Å². The molecule has 4 nitrogen and oxygen atoms in total. The summed E-state index contributed by atoms with van der Waals surface area (Å²) in [5.74, 6) is 0.257. The number of rotatable bonds is 2. The van der Waals surface area contributed by atoms with Crippen LogP contribution in [0.1, 0.15) is 19.3 Å². The first-order valence-electron chi connectivity index (χ1n) is 5.41. The van der Waals surface area contributed by atoms with Crippen LogP contribution in [-0.2, 0) is 14.8 Å². The predicted molar refractivity (Wildman–Crippen MR) is 70.9 cm³/mol. The molecule has 1 aromatic carbocycles. The molecule has 0 atom stereocenters. The summed E-state index contributed by atoms with van der Waals surface area (Å²) in [7, 11) is -3.78. The first-order chi connectivity index (χ1) is 8.49. The molecule has 98 valence electrons. The summed E-state index contributed by atoms with van der Waals surface area (Å²) in [6.45, 7) is 0.510. The number of hydrogen-bond acceptors (Lipinski definition) is 3. The van der Waals surface area contributed by atoms with Crippen molar-refractivity contribution in [1.29, 1.82) is 0 Å². The van der Waals surface area contributed by atoms with Gasteiger partial charge in [-0.3, -0.25) is 0 Å². The summed E-state index contributed by atoms with van der Waals surface area (Å²) in [5, 5.41) is 0.486. The standard InChI is InChI=1S/C11H11Cl2NO3S/c12-9-5-4-8(7-10(9)13)18(15,16)14-11-3-1-2-6-17-11/h4-5,7H,1-3,6H2. The SMILES string of the molecule is O=S(=O)(N=C1CCCCO1)c1ccc(Cl)c(Cl)c1. The topological polar surface area (TPSA) is 55.7 Å². The van der Waals surface area contributed by atoms with Crippen LogP contribution >= 0.6 is 23.2 Å². The molecule has 1 aliphatic rings. The minimum Gasteiger partial charge on any atom is -0.480 e. The van der Waals surface area contributed by atoms with Gasteiger partial charge in [0.15, 0.2) is 5.90 Å². The van der Waals surface area contributed by atoms with Crippen LogP contribution in [-0.4, -0.2) is 20.9 Å². The molecule has 0 spiro atoms. The van der Waals surface area contributed by atoms with Crippen molar-refractivity contribution in [2.75, 3.05) is 6.61 Å². The van der Waals surface area contributed by atoms with Gasteiger partial charge in [-0.05, 0) is 31.0 Å². The summed E-state index contributed by atoms with van der Waals surface area (Å²) in [4.78, 5) is 0.0126. The van der Waals surface area contributed by atoms with Gasteiger partial charge in [-0.1, -0.05) is 23.2 Å². The van der Waals surface area contributed by atoms with E-state index in [1.807, 2.05) is 0 Å². The molecule has 0 unspecified atom stereocenters. The fourth-order valence-electron chi connectivity index (χ4n) is 1.54. The third-order valence-corrected chi connectivity index (χ3v) is 4.50. The Morgan fingerprint density at radius 2 is 1.94 bits per heavy atom. The predicted octanol–water partition coefficient (Wildman–Crippen LogP) is 3.28. The molecule has 1 aliphatic heterocycles. The fourth-order valence-corrected chi connectivity index (χ4v) is 2.92. The number of hydrogen-bond donors (Lipinski definition) is 0. The first-order valence-corrected chi connectivity index (χ1v) is 7.60. The highest BCUT2D eigenvalue weighted by atomic mass is 35.5. The Balaban J connectivity index is 2.32. The van der Waals surface area contributed by atoms with E-state index in [1.54, 1.807) is 0 Å². The zero-order chi connectivity index (χ0) is 13.2. The molecule has 7 heteroatoms. The Morgan fingerprint density at radius 1 is 1.17 bits per heavy atom. The molecule has 2 rings (SSSR count). The normalized spacial score (nSPS) is 18.7. The monoisotopic (exact) mass is 307 g/mol. The number of sulfonamides is 1. The summed E-state index contributed by atoms with van der Waals surface area (Å²) in [6.07, 6.45) is 2.35. The lowest BCUT2D eigenvalue weighted by Crippen LogP contribution is -2.14. The molecule has 1 fully saturated rings. The van der Waals surface area contributed by atoms with Gasteiger partial charge in [-0.25, -0.2) is 0 Å². The van der Waals surface area contributed by atoms with Crippen molar-refractivity contribution in [3.8, 4) is 0 Å². The van der Waals surface area contributed by atoms with E-state index >= 15 is 0 Å². The smallest absolute Gasteiger partial charge is 0.285 e. The van der Waals surface area contributed by atoms with Gasteiger partial charge in [0, 0.05) is 6.42 Å². The molecule has 1 heterocycles. The van der Waals surface area contributed by atoms with Crippen LogP contribution in [0.3, 0.4) is 0 Å². The minimum absolute atomic E-state index is 0.0126. The molecule has 1 aromatic rings. The van der Waals surface area contributed by atoms with Crippen molar-refractivity contribution in [2.45, 2.75) is 24.2 Å². The maximum Gasteiger partial charge on any atom is 0.285 e. The lowest BCUT2D eigenvalue weighted by atomic mass is 10.2.